The summed E-state index contributed by atoms with van der Waals surface area (Å²) in [4.78, 5) is 5.13. The van der Waals surface area contributed by atoms with Gasteiger partial charge in [-0.3, -0.25) is 0 Å². The number of anilines is 3. The maximum Gasteiger partial charge on any atom is 0.0444 e. The van der Waals surface area contributed by atoms with Crippen LogP contribution in [0.5, 0.6) is 0 Å². The zero-order valence-corrected chi connectivity index (χ0v) is 30.0. The number of allylic oxidation sites excluding steroid dienone is 3. The van der Waals surface area contributed by atoms with Gasteiger partial charge in [-0.2, -0.15) is 0 Å². The number of fused-ring (bicyclic) bond motifs is 5. The van der Waals surface area contributed by atoms with E-state index in [-0.39, 0.29) is 0 Å². The van der Waals surface area contributed by atoms with Crippen LogP contribution >= 0.6 is 0 Å². The molecule has 0 amide bonds. The summed E-state index contributed by atoms with van der Waals surface area (Å²) in [6.07, 6.45) is 8.04. The first-order valence-electron chi connectivity index (χ1n) is 19.2. The number of nitrogens with zero attached hydrogens (tertiary/aromatic N) is 2. The Hall–Kier alpha value is -6.12. The van der Waals surface area contributed by atoms with E-state index in [1.807, 2.05) is 0 Å². The Labute approximate surface area is 310 Å². The Kier molecular flexibility index (Phi) is 6.89. The minimum absolute atomic E-state index is 0.555. The average molecular weight is 681 g/mol. The van der Waals surface area contributed by atoms with Crippen LogP contribution < -0.4 is 9.80 Å². The monoisotopic (exact) mass is 680 g/mol. The van der Waals surface area contributed by atoms with Crippen molar-refractivity contribution in [3.05, 3.63) is 175 Å². The predicted octanol–water partition coefficient (Wildman–Crippen LogP) is 13.4. The minimum atomic E-state index is 0.555. The molecule has 2 aliphatic heterocycles. The van der Waals surface area contributed by atoms with Crippen molar-refractivity contribution < 1.29 is 0 Å². The summed E-state index contributed by atoms with van der Waals surface area (Å²) in [7, 11) is 0. The molecule has 1 unspecified atom stereocenters. The average Bonchev–Trinajstić information content (AvgIpc) is 3.84. The van der Waals surface area contributed by atoms with Crippen LogP contribution in [-0.2, 0) is 6.42 Å². The second kappa shape index (κ2) is 12.0. The third kappa shape index (κ3) is 4.78. The maximum absolute atomic E-state index is 2.61. The molecule has 0 fully saturated rings. The molecule has 2 heteroatoms. The fourth-order valence-corrected chi connectivity index (χ4v) is 9.66. The molecule has 0 N–H and O–H groups in total. The van der Waals surface area contributed by atoms with E-state index in [2.05, 4.69) is 174 Å². The van der Waals surface area contributed by atoms with E-state index in [0.29, 0.717) is 5.92 Å². The van der Waals surface area contributed by atoms with Crippen molar-refractivity contribution in [2.24, 2.45) is 5.92 Å². The molecule has 0 aromatic heterocycles. The van der Waals surface area contributed by atoms with E-state index in [0.717, 1.165) is 32.4 Å². The summed E-state index contributed by atoms with van der Waals surface area (Å²) >= 11 is 0. The molecule has 0 radical (unpaired) electrons. The van der Waals surface area contributed by atoms with Gasteiger partial charge >= 0.3 is 0 Å². The molecule has 8 aromatic carbocycles. The van der Waals surface area contributed by atoms with Gasteiger partial charge in [0, 0.05) is 35.8 Å². The van der Waals surface area contributed by atoms with Gasteiger partial charge in [0.1, 0.15) is 0 Å². The number of hydrogen-bond donors (Lipinski definition) is 0. The molecule has 254 valence electrons. The second-order valence-corrected chi connectivity index (χ2v) is 15.2. The molecule has 1 aliphatic carbocycles. The summed E-state index contributed by atoms with van der Waals surface area (Å²) < 4.78 is 0. The van der Waals surface area contributed by atoms with Crippen LogP contribution in [0.4, 0.5) is 17.1 Å². The first-order chi connectivity index (χ1) is 26.2. The minimum Gasteiger partial charge on any atom is -0.344 e. The van der Waals surface area contributed by atoms with Crippen molar-refractivity contribution in [1.82, 2.24) is 0 Å². The lowest BCUT2D eigenvalue weighted by Gasteiger charge is -2.27. The molecule has 2 nitrogen and oxygen atoms in total. The molecule has 0 saturated heterocycles. The molecule has 0 bridgehead atoms. The zero-order valence-electron chi connectivity index (χ0n) is 30.0. The molecule has 8 aromatic rings. The molecule has 1 atom stereocenters. The Morgan fingerprint density at radius 1 is 0.491 bits per heavy atom. The molecular formula is C51H40N2. The Morgan fingerprint density at radius 3 is 1.74 bits per heavy atom. The fraction of sp³-hybridized carbons (Fsp3) is 0.137. The molecule has 3 aliphatic rings. The van der Waals surface area contributed by atoms with Crippen LogP contribution in [-0.4, -0.2) is 13.1 Å². The largest absolute Gasteiger partial charge is 0.344 e. The van der Waals surface area contributed by atoms with E-state index in [9.17, 15) is 0 Å². The third-order valence-corrected chi connectivity index (χ3v) is 12.2. The molecule has 0 saturated carbocycles. The summed E-state index contributed by atoms with van der Waals surface area (Å²) in [5.74, 6) is 0.555. The first-order valence-corrected chi connectivity index (χ1v) is 19.2. The molecule has 11 rings (SSSR count). The number of rotatable bonds is 4. The van der Waals surface area contributed by atoms with Crippen LogP contribution in [0.2, 0.25) is 0 Å². The van der Waals surface area contributed by atoms with Crippen LogP contribution in [0.25, 0.3) is 65.3 Å². The predicted molar refractivity (Wildman–Crippen MR) is 226 cm³/mol. The Balaban J connectivity index is 1.26. The molecule has 2 heterocycles. The lowest BCUT2D eigenvalue weighted by Crippen LogP contribution is -2.20. The normalized spacial score (nSPS) is 16.7. The molecular weight excluding hydrogens is 641 g/mol. The van der Waals surface area contributed by atoms with E-state index in [4.69, 9.17) is 0 Å². The SMILES string of the molecule is CC1C=CC2=C(C1)N(c1ccc3c(-c4cccc5ccccc45)c4cc(N5CCc6ccccc65)ccc4c(-c4cccc5ccccc45)c3c1)CC2. The Morgan fingerprint density at radius 2 is 1.06 bits per heavy atom. The lowest BCUT2D eigenvalue weighted by atomic mass is 9.83. The summed E-state index contributed by atoms with van der Waals surface area (Å²) in [6.45, 7) is 4.36. The summed E-state index contributed by atoms with van der Waals surface area (Å²) in [5.41, 5.74) is 13.5. The van der Waals surface area contributed by atoms with Crippen molar-refractivity contribution >= 4 is 60.2 Å². The third-order valence-electron chi connectivity index (χ3n) is 12.2. The first kappa shape index (κ1) is 30.5. The van der Waals surface area contributed by atoms with E-state index in [1.165, 1.54) is 99.2 Å². The summed E-state index contributed by atoms with van der Waals surface area (Å²) in [5, 5.41) is 10.3. The standard InChI is InChI=1S/C51H40N2/c1-33-20-21-37-27-29-53(49(37)30-33)39-23-25-45-47(32-39)51(43-18-9-14-35-11-3-6-16-41(35)43)44-24-22-38(52-28-26-36-12-4-7-19-48(36)52)31-46(44)50(45)42-17-8-13-34-10-2-5-15-40(34)42/h2-25,31-33H,26-30H2,1H3. The van der Waals surface area contributed by atoms with Crippen LogP contribution in [0, 0.1) is 5.92 Å². The number of hydrogen-bond acceptors (Lipinski definition) is 2. The van der Waals surface area contributed by atoms with Crippen LogP contribution in [0.3, 0.4) is 0 Å². The highest BCUT2D eigenvalue weighted by Gasteiger charge is 2.28. The van der Waals surface area contributed by atoms with Gasteiger partial charge in [-0.25, -0.2) is 0 Å². The molecule has 0 spiro atoms. The van der Waals surface area contributed by atoms with E-state index >= 15 is 0 Å². The van der Waals surface area contributed by atoms with Gasteiger partial charge in [-0.1, -0.05) is 134 Å². The fourth-order valence-electron chi connectivity index (χ4n) is 9.66. The van der Waals surface area contributed by atoms with Crippen molar-refractivity contribution in [2.75, 3.05) is 22.9 Å². The van der Waals surface area contributed by atoms with Gasteiger partial charge < -0.3 is 9.80 Å². The van der Waals surface area contributed by atoms with E-state index in [1.54, 1.807) is 0 Å². The van der Waals surface area contributed by atoms with Gasteiger partial charge in [0.15, 0.2) is 0 Å². The highest BCUT2D eigenvalue weighted by molar-refractivity contribution is 6.26. The molecule has 53 heavy (non-hydrogen) atoms. The highest BCUT2D eigenvalue weighted by Crippen LogP contribution is 2.50. The van der Waals surface area contributed by atoms with Crippen molar-refractivity contribution in [2.45, 2.75) is 26.2 Å². The number of benzene rings is 8. The van der Waals surface area contributed by atoms with Gasteiger partial charge in [0.05, 0.1) is 0 Å². The Bertz CT molecular complexity index is 2850. The van der Waals surface area contributed by atoms with Crippen molar-refractivity contribution in [3.63, 3.8) is 0 Å². The summed E-state index contributed by atoms with van der Waals surface area (Å²) in [6, 6.07) is 55.0. The van der Waals surface area contributed by atoms with Crippen LogP contribution in [0.1, 0.15) is 25.3 Å². The van der Waals surface area contributed by atoms with Crippen molar-refractivity contribution in [3.8, 4) is 22.3 Å². The van der Waals surface area contributed by atoms with E-state index < -0.39 is 0 Å². The maximum atomic E-state index is 2.61. The van der Waals surface area contributed by atoms with Gasteiger partial charge in [0.2, 0.25) is 0 Å². The number of para-hydroxylation sites is 1. The van der Waals surface area contributed by atoms with Crippen LogP contribution in [0.15, 0.2) is 169 Å². The second-order valence-electron chi connectivity index (χ2n) is 15.2. The van der Waals surface area contributed by atoms with Gasteiger partial charge in [-0.05, 0) is 132 Å². The lowest BCUT2D eigenvalue weighted by molar-refractivity contribution is 0.691. The van der Waals surface area contributed by atoms with Crippen molar-refractivity contribution in [1.29, 1.82) is 0 Å². The smallest absolute Gasteiger partial charge is 0.0444 e. The zero-order chi connectivity index (χ0) is 35.0. The quantitative estimate of drug-likeness (QED) is 0.171. The highest BCUT2D eigenvalue weighted by atomic mass is 15.2. The van der Waals surface area contributed by atoms with Gasteiger partial charge in [-0.15, -0.1) is 0 Å². The topological polar surface area (TPSA) is 6.48 Å². The van der Waals surface area contributed by atoms with Gasteiger partial charge in [0.25, 0.3) is 0 Å².